The Morgan fingerprint density at radius 2 is 1.08 bits per heavy atom. The first-order valence-electron chi connectivity index (χ1n) is 10.9. The molecule has 0 bridgehead atoms. The number of hydrogen-bond donors (Lipinski definition) is 0. The van der Waals surface area contributed by atoms with Crippen LogP contribution in [0.4, 0.5) is 0 Å². The van der Waals surface area contributed by atoms with E-state index in [1.807, 2.05) is 0 Å². The average Bonchev–Trinajstić information content (AvgIpc) is 3.70. The van der Waals surface area contributed by atoms with Crippen LogP contribution in [0.15, 0.2) is 44.2 Å². The number of halogens is 1. The first-order valence-corrected chi connectivity index (χ1v) is 15.2. The van der Waals surface area contributed by atoms with Gasteiger partial charge in [-0.25, -0.2) is 0 Å². The third-order valence-corrected chi connectivity index (χ3v) is 11.0. The lowest BCUT2D eigenvalue weighted by Crippen LogP contribution is -2.16. The van der Waals surface area contributed by atoms with Crippen molar-refractivity contribution < 1.29 is 22.8 Å². The van der Waals surface area contributed by atoms with Crippen molar-refractivity contribution in [3.05, 3.63) is 66.4 Å². The summed E-state index contributed by atoms with van der Waals surface area (Å²) in [6.07, 6.45) is 10.2. The highest BCUT2D eigenvalue weighted by molar-refractivity contribution is 9.11. The highest BCUT2D eigenvalue weighted by atomic mass is 79.9. The Morgan fingerprint density at radius 1 is 0.649 bits per heavy atom. The van der Waals surface area contributed by atoms with Gasteiger partial charge in [-0.2, -0.15) is 0 Å². The molecular formula is C32H47BrS4. The van der Waals surface area contributed by atoms with Gasteiger partial charge in [0.15, 0.2) is 0 Å². The Labute approximate surface area is 266 Å². The molecule has 206 valence electrons. The van der Waals surface area contributed by atoms with Gasteiger partial charge in [0.1, 0.15) is 0 Å². The molecule has 1 atom stereocenters. The van der Waals surface area contributed by atoms with Gasteiger partial charge in [0.05, 0.1) is 19.5 Å². The first-order chi connectivity index (χ1) is 17.9. The maximum Gasteiger partial charge on any atom is 0.0823 e. The van der Waals surface area contributed by atoms with Crippen LogP contribution < -0.4 is 0 Å². The van der Waals surface area contributed by atoms with Crippen molar-refractivity contribution in [2.45, 2.75) is 24.7 Å². The van der Waals surface area contributed by atoms with Gasteiger partial charge in [-0.1, -0.05) is 11.8 Å². The lowest BCUT2D eigenvalue weighted by Gasteiger charge is -2.17. The Hall–Kier alpha value is -3.36. The van der Waals surface area contributed by atoms with Crippen LogP contribution in [0.3, 0.4) is 0 Å². The molecular weight excluding hydrogens is 593 g/mol. The molecule has 0 nitrogen and oxygen atoms in total. The normalized spacial score (nSPS) is 15.9. The van der Waals surface area contributed by atoms with Gasteiger partial charge >= 0.3 is 0 Å². The SMILES string of the molecule is C#CC#CC#CC1(C)c2ccsc2-c2sc(Br)cc21.C#CC#CC#CC1(C)c2ccsc2-c2sccc21.[HH].[HH].[HH].[HH].[HH].[HH].[HH].[HH].[HH].[HH].[HH].[HH].[HH].[HH].[HH].[HH]. The standard InChI is InChI=1S/C16H7BrS2.C16H8S2.16H2/c1-3-4-5-6-8-16(2)11-7-9-18-14(11)15-12(16)10-13(17)19-15;1-3-4-5-6-9-16(2)12-7-10-17-14(12)15-13(16)8-11-18-15;;;;;;;;;;;;;;;;/h1,7,9-10H,2H3;1,7-8,10-11H,2H3;16*1H. The van der Waals surface area contributed by atoms with Crippen LogP contribution in [0.2, 0.25) is 0 Å². The van der Waals surface area contributed by atoms with E-state index in [0.29, 0.717) is 0 Å². The van der Waals surface area contributed by atoms with E-state index in [1.165, 1.54) is 41.8 Å². The molecule has 0 radical (unpaired) electrons. The summed E-state index contributed by atoms with van der Waals surface area (Å²) in [4.78, 5) is 5.34. The summed E-state index contributed by atoms with van der Waals surface area (Å²) in [6.45, 7) is 4.30. The molecule has 0 saturated heterocycles. The van der Waals surface area contributed by atoms with Gasteiger partial charge in [0.2, 0.25) is 0 Å². The van der Waals surface area contributed by atoms with Gasteiger partial charge in [-0.15, -0.1) is 58.2 Å². The van der Waals surface area contributed by atoms with Gasteiger partial charge in [0.25, 0.3) is 0 Å². The van der Waals surface area contributed by atoms with Crippen molar-refractivity contribution in [1.82, 2.24) is 0 Å². The maximum atomic E-state index is 5.10. The minimum absolute atomic E-state index is 0. The molecule has 5 heteroatoms. The molecule has 6 rings (SSSR count). The minimum atomic E-state index is -0.281. The molecule has 0 fully saturated rings. The quantitative estimate of drug-likeness (QED) is 0.168. The maximum absolute atomic E-state index is 5.10. The molecule has 2 aliphatic rings. The summed E-state index contributed by atoms with van der Waals surface area (Å²) in [6, 6.07) is 8.64. The molecule has 2 aliphatic carbocycles. The van der Waals surface area contributed by atoms with E-state index in [1.54, 1.807) is 45.3 Å². The predicted octanol–water partition coefficient (Wildman–Crippen LogP) is 12.2. The first kappa shape index (κ1) is 25.3. The largest absolute Gasteiger partial charge is 0.143 e. The fourth-order valence-corrected chi connectivity index (χ4v) is 9.63. The van der Waals surface area contributed by atoms with Gasteiger partial charge in [-0.3, -0.25) is 0 Å². The van der Waals surface area contributed by atoms with Crippen LogP contribution in [0.25, 0.3) is 19.5 Å². The van der Waals surface area contributed by atoms with E-state index in [9.17, 15) is 0 Å². The van der Waals surface area contributed by atoms with Crippen molar-refractivity contribution >= 4 is 61.3 Å². The zero-order valence-electron chi connectivity index (χ0n) is 19.7. The second-order valence-electron chi connectivity index (χ2n) is 8.32. The van der Waals surface area contributed by atoms with E-state index in [-0.39, 0.29) is 33.7 Å². The van der Waals surface area contributed by atoms with E-state index >= 15 is 0 Å². The highest BCUT2D eigenvalue weighted by Gasteiger charge is 2.41. The lowest BCUT2D eigenvalue weighted by molar-refractivity contribution is 0.782. The Balaban J connectivity index is -0.0000000488. The van der Waals surface area contributed by atoms with Crippen molar-refractivity contribution in [2.75, 3.05) is 0 Å². The summed E-state index contributed by atoms with van der Waals surface area (Å²) in [5, 5.41) is 6.37. The van der Waals surface area contributed by atoms with E-state index < -0.39 is 0 Å². The molecule has 0 amide bonds. The van der Waals surface area contributed by atoms with Crippen LogP contribution in [-0.4, -0.2) is 0 Å². The second-order valence-corrected chi connectivity index (χ2v) is 13.5. The molecule has 4 aromatic rings. The van der Waals surface area contributed by atoms with Crippen molar-refractivity contribution in [3.8, 4) is 91.6 Å². The zero-order valence-corrected chi connectivity index (χ0v) is 24.6. The molecule has 4 aromatic heterocycles. The highest BCUT2D eigenvalue weighted by Crippen LogP contribution is 2.55. The van der Waals surface area contributed by atoms with E-state index in [2.05, 4.69) is 129 Å². The Bertz CT molecular complexity index is 1880. The lowest BCUT2D eigenvalue weighted by atomic mass is 9.82. The number of terminal acetylenes is 2. The monoisotopic (exact) mass is 638 g/mol. The summed E-state index contributed by atoms with van der Waals surface area (Å²) in [5.41, 5.74) is 4.61. The van der Waals surface area contributed by atoms with E-state index in [0.717, 1.165) is 3.79 Å². The molecule has 4 heterocycles. The molecule has 37 heavy (non-hydrogen) atoms. The van der Waals surface area contributed by atoms with Crippen molar-refractivity contribution in [2.24, 2.45) is 0 Å². The molecule has 0 spiro atoms. The summed E-state index contributed by atoms with van der Waals surface area (Å²) in [5.74, 6) is 27.3. The number of fused-ring (bicyclic) bond motifs is 6. The van der Waals surface area contributed by atoms with E-state index in [4.69, 9.17) is 12.8 Å². The van der Waals surface area contributed by atoms with Gasteiger partial charge in [-0.05, 0) is 140 Å². The molecule has 0 aliphatic heterocycles. The van der Waals surface area contributed by atoms with Gasteiger partial charge < -0.3 is 0 Å². The fraction of sp³-hybridized carbons (Fsp3) is 0.125. The number of hydrogen-bond acceptors (Lipinski definition) is 4. The number of thiophene rings is 4. The Morgan fingerprint density at radius 3 is 1.54 bits per heavy atom. The Kier molecular flexibility index (Phi) is 6.96. The van der Waals surface area contributed by atoms with Crippen LogP contribution in [0, 0.1) is 72.1 Å². The van der Waals surface area contributed by atoms with Gasteiger partial charge in [0, 0.05) is 37.5 Å². The molecule has 0 N–H and O–H groups in total. The predicted molar refractivity (Wildman–Crippen MR) is 198 cm³/mol. The zero-order chi connectivity index (χ0) is 26.0. The average molecular weight is 640 g/mol. The second kappa shape index (κ2) is 10.2. The summed E-state index contributed by atoms with van der Waals surface area (Å²) in [7, 11) is 0. The smallest absolute Gasteiger partial charge is 0.0823 e. The summed E-state index contributed by atoms with van der Waals surface area (Å²) >= 11 is 10.7. The topological polar surface area (TPSA) is 0 Å². The van der Waals surface area contributed by atoms with Crippen LogP contribution >= 0.6 is 61.3 Å². The molecule has 0 aromatic carbocycles. The van der Waals surface area contributed by atoms with Crippen molar-refractivity contribution in [1.29, 1.82) is 0 Å². The summed E-state index contributed by atoms with van der Waals surface area (Å²) < 4.78 is 1.14. The van der Waals surface area contributed by atoms with Crippen molar-refractivity contribution in [3.63, 3.8) is 0 Å². The minimum Gasteiger partial charge on any atom is -0.143 e. The molecule has 1 unspecified atom stereocenters. The molecule has 0 saturated carbocycles. The van der Waals surface area contributed by atoms with Crippen LogP contribution in [-0.2, 0) is 10.8 Å². The third-order valence-electron chi connectivity index (χ3n) is 6.28. The number of rotatable bonds is 0. The fourth-order valence-electron chi connectivity index (χ4n) is 4.54. The van der Waals surface area contributed by atoms with Crippen LogP contribution in [0.5, 0.6) is 0 Å². The third kappa shape index (κ3) is 4.28. The van der Waals surface area contributed by atoms with Crippen LogP contribution in [0.1, 0.15) is 58.9 Å².